The molecule has 0 spiro atoms. The summed E-state index contributed by atoms with van der Waals surface area (Å²) in [6, 6.07) is -0.477. The fourth-order valence-electron chi connectivity index (χ4n) is 1.44. The van der Waals surface area contributed by atoms with Crippen molar-refractivity contribution in [3.63, 3.8) is 0 Å². The number of hydrazine groups is 1. The third kappa shape index (κ3) is 3.79. The average Bonchev–Trinajstić information content (AvgIpc) is 2.46. The van der Waals surface area contributed by atoms with Gasteiger partial charge in [0, 0.05) is 7.11 Å². The zero-order valence-corrected chi connectivity index (χ0v) is 11.1. The Morgan fingerprint density at radius 2 is 1.57 bits per heavy atom. The van der Waals surface area contributed by atoms with Crippen molar-refractivity contribution in [2.45, 2.75) is 13.0 Å². The maximum atomic E-state index is 13.5. The highest BCUT2D eigenvalue weighted by Crippen LogP contribution is 2.26. The molecule has 0 saturated heterocycles. The second-order valence-corrected chi connectivity index (χ2v) is 4.00. The third-order valence-electron chi connectivity index (χ3n) is 2.35. The van der Waals surface area contributed by atoms with Gasteiger partial charge in [0.15, 0.2) is 23.3 Å². The van der Waals surface area contributed by atoms with Crippen LogP contribution in [0.3, 0.4) is 0 Å². The molecule has 0 bridgehead atoms. The molecule has 0 saturated carbocycles. The Morgan fingerprint density at radius 1 is 1.10 bits per heavy atom. The first kappa shape index (κ1) is 17.1. The summed E-state index contributed by atoms with van der Waals surface area (Å²) in [6.45, 7) is 1.74. The second kappa shape index (κ2) is 7.18. The molecule has 1 aromatic carbocycles. The maximum absolute atomic E-state index is 13.5. The lowest BCUT2D eigenvalue weighted by molar-refractivity contribution is 0.185. The molecule has 0 fully saturated rings. The van der Waals surface area contributed by atoms with Gasteiger partial charge in [0.25, 0.3) is 0 Å². The number of nitrogens with one attached hydrogen (secondary N) is 2. The number of guanidine groups is 1. The standard InChI is InChI=1S/C11H13F5N4O/c1-4(3-21-2)18-11(20-17)19-10-8(15)6(13)5(12)7(14)9(10)16/h4H,3,17H2,1-2H3,(H2,18,19,20). The van der Waals surface area contributed by atoms with E-state index in [-0.39, 0.29) is 12.6 Å². The first-order valence-electron chi connectivity index (χ1n) is 5.65. The van der Waals surface area contributed by atoms with Crippen molar-refractivity contribution < 1.29 is 26.7 Å². The van der Waals surface area contributed by atoms with Gasteiger partial charge in [-0.3, -0.25) is 5.43 Å². The highest BCUT2D eigenvalue weighted by atomic mass is 19.2. The zero-order chi connectivity index (χ0) is 16.2. The van der Waals surface area contributed by atoms with Crippen molar-refractivity contribution in [2.75, 3.05) is 19.0 Å². The molecule has 118 valence electrons. The van der Waals surface area contributed by atoms with Crippen molar-refractivity contribution in [3.8, 4) is 0 Å². The van der Waals surface area contributed by atoms with Crippen LogP contribution in [0.1, 0.15) is 6.92 Å². The first-order valence-corrected chi connectivity index (χ1v) is 5.65. The molecule has 0 aromatic heterocycles. The van der Waals surface area contributed by atoms with E-state index < -0.39 is 40.8 Å². The van der Waals surface area contributed by atoms with E-state index >= 15 is 0 Å². The normalized spacial score (nSPS) is 13.2. The topological polar surface area (TPSA) is 71.7 Å². The number of anilines is 1. The number of hydrogen-bond donors (Lipinski definition) is 3. The van der Waals surface area contributed by atoms with Crippen LogP contribution in [-0.2, 0) is 4.74 Å². The number of rotatable bonds is 4. The Balaban J connectivity index is 3.17. The number of benzene rings is 1. The van der Waals surface area contributed by atoms with Crippen LogP contribution in [0.25, 0.3) is 0 Å². The second-order valence-electron chi connectivity index (χ2n) is 4.00. The van der Waals surface area contributed by atoms with E-state index in [0.717, 1.165) is 0 Å². The van der Waals surface area contributed by atoms with Gasteiger partial charge >= 0.3 is 0 Å². The van der Waals surface area contributed by atoms with E-state index in [1.807, 2.05) is 10.7 Å². The van der Waals surface area contributed by atoms with Crippen LogP contribution in [0.5, 0.6) is 0 Å². The fourth-order valence-corrected chi connectivity index (χ4v) is 1.44. The van der Waals surface area contributed by atoms with Gasteiger partial charge in [0.05, 0.1) is 12.6 Å². The predicted octanol–water partition coefficient (Wildman–Crippen LogP) is 1.65. The Kier molecular flexibility index (Phi) is 5.85. The highest BCUT2D eigenvalue weighted by Gasteiger charge is 2.26. The van der Waals surface area contributed by atoms with Crippen LogP contribution in [0.4, 0.5) is 27.6 Å². The smallest absolute Gasteiger partial charge is 0.210 e. The Labute approximate surface area is 117 Å². The van der Waals surface area contributed by atoms with E-state index in [1.54, 1.807) is 6.92 Å². The minimum atomic E-state index is -2.25. The molecule has 5 nitrogen and oxygen atoms in total. The number of nitrogens with zero attached hydrogens (tertiary/aromatic N) is 1. The predicted molar refractivity (Wildman–Crippen MR) is 66.0 cm³/mol. The van der Waals surface area contributed by atoms with Crippen LogP contribution in [-0.4, -0.2) is 25.7 Å². The van der Waals surface area contributed by atoms with Crippen LogP contribution < -0.4 is 16.6 Å². The van der Waals surface area contributed by atoms with Gasteiger partial charge in [-0.2, -0.15) is 0 Å². The number of hydrogen-bond acceptors (Lipinski definition) is 3. The van der Waals surface area contributed by atoms with Gasteiger partial charge in [0.2, 0.25) is 11.8 Å². The third-order valence-corrected chi connectivity index (χ3v) is 2.35. The number of methoxy groups -OCH3 is 1. The Morgan fingerprint density at radius 3 is 2.00 bits per heavy atom. The minimum absolute atomic E-state index is 0.157. The molecule has 0 heterocycles. The van der Waals surface area contributed by atoms with Crippen LogP contribution in [0.15, 0.2) is 4.99 Å². The Hall–Kier alpha value is -1.94. The molecule has 4 N–H and O–H groups in total. The van der Waals surface area contributed by atoms with Crippen LogP contribution in [0, 0.1) is 29.1 Å². The van der Waals surface area contributed by atoms with Gasteiger partial charge in [0.1, 0.15) is 5.69 Å². The number of ether oxygens (including phenoxy) is 1. The molecular weight excluding hydrogens is 299 g/mol. The van der Waals surface area contributed by atoms with Crippen LogP contribution in [0.2, 0.25) is 0 Å². The first-order chi connectivity index (χ1) is 9.83. The molecular formula is C11H13F5N4O. The average molecular weight is 312 g/mol. The molecule has 1 atom stereocenters. The van der Waals surface area contributed by atoms with Crippen molar-refractivity contribution in [1.29, 1.82) is 0 Å². The molecule has 0 radical (unpaired) electrons. The number of nitrogens with two attached hydrogens (primary N) is 1. The fraction of sp³-hybridized carbons (Fsp3) is 0.364. The summed E-state index contributed by atoms with van der Waals surface area (Å²) in [6.07, 6.45) is 0. The van der Waals surface area contributed by atoms with Crippen molar-refractivity contribution in [3.05, 3.63) is 29.1 Å². The lowest BCUT2D eigenvalue weighted by atomic mass is 10.2. The van der Waals surface area contributed by atoms with E-state index in [1.165, 1.54) is 7.11 Å². The number of halogens is 5. The zero-order valence-electron chi connectivity index (χ0n) is 11.1. The van der Waals surface area contributed by atoms with Crippen molar-refractivity contribution in [2.24, 2.45) is 10.8 Å². The molecule has 1 aromatic rings. The molecule has 1 rings (SSSR count). The summed E-state index contributed by atoms with van der Waals surface area (Å²) in [5.74, 6) is -5.74. The summed E-state index contributed by atoms with van der Waals surface area (Å²) < 4.78 is 70.6. The van der Waals surface area contributed by atoms with Crippen LogP contribution >= 0.6 is 0 Å². The minimum Gasteiger partial charge on any atom is -0.382 e. The molecule has 10 heteroatoms. The summed E-state index contributed by atoms with van der Waals surface area (Å²) in [4.78, 5) is 3.82. The van der Waals surface area contributed by atoms with E-state index in [0.29, 0.717) is 0 Å². The van der Waals surface area contributed by atoms with Gasteiger partial charge in [-0.05, 0) is 6.92 Å². The monoisotopic (exact) mass is 312 g/mol. The molecule has 0 aliphatic rings. The quantitative estimate of drug-likeness (QED) is 0.150. The van der Waals surface area contributed by atoms with Gasteiger partial charge in [-0.25, -0.2) is 32.8 Å². The lowest BCUT2D eigenvalue weighted by Gasteiger charge is -2.14. The summed E-state index contributed by atoms with van der Waals surface area (Å²) in [7, 11) is 1.40. The Bertz CT molecular complexity index is 523. The van der Waals surface area contributed by atoms with Gasteiger partial charge < -0.3 is 10.1 Å². The molecule has 1 unspecified atom stereocenters. The molecule has 0 aliphatic heterocycles. The number of aliphatic imine (C=N–C) groups is 1. The highest BCUT2D eigenvalue weighted by molar-refractivity contribution is 5.93. The van der Waals surface area contributed by atoms with E-state index in [4.69, 9.17) is 10.6 Å². The van der Waals surface area contributed by atoms with E-state index in [9.17, 15) is 22.0 Å². The molecule has 21 heavy (non-hydrogen) atoms. The summed E-state index contributed by atoms with van der Waals surface area (Å²) >= 11 is 0. The van der Waals surface area contributed by atoms with Crippen molar-refractivity contribution in [1.82, 2.24) is 5.43 Å². The van der Waals surface area contributed by atoms with Crippen molar-refractivity contribution >= 4 is 11.6 Å². The largest absolute Gasteiger partial charge is 0.382 e. The maximum Gasteiger partial charge on any atom is 0.210 e. The summed E-state index contributed by atoms with van der Waals surface area (Å²) in [5.41, 5.74) is 0.702. The van der Waals surface area contributed by atoms with Gasteiger partial charge in [-0.15, -0.1) is 0 Å². The molecule has 0 aliphatic carbocycles. The van der Waals surface area contributed by atoms with Gasteiger partial charge in [-0.1, -0.05) is 0 Å². The lowest BCUT2D eigenvalue weighted by Crippen LogP contribution is -2.38. The molecule has 0 amide bonds. The summed E-state index contributed by atoms with van der Waals surface area (Å²) in [5, 5.41) is 1.93. The van der Waals surface area contributed by atoms with E-state index in [2.05, 4.69) is 4.99 Å². The SMILES string of the molecule is COCC(C)N=C(NN)Nc1c(F)c(F)c(F)c(F)c1F.